The molecule has 0 aromatic heterocycles. The maximum Gasteiger partial charge on any atom is 0.0195 e. The van der Waals surface area contributed by atoms with Crippen LogP contribution in [0.2, 0.25) is 0 Å². The van der Waals surface area contributed by atoms with Crippen LogP contribution >= 0.6 is 0 Å². The van der Waals surface area contributed by atoms with E-state index in [1.165, 1.54) is 77.4 Å². The number of piperidine rings is 1. The standard InChI is InChI=1S/C15H28N2/c1-2-6-13(5-1)11-16-14-7-4-10-17(12-14)15-8-3-9-15/h13-16H,1-12H2. The second-order valence-electron chi connectivity index (χ2n) is 6.48. The van der Waals surface area contributed by atoms with Crippen molar-refractivity contribution in [2.75, 3.05) is 19.6 Å². The van der Waals surface area contributed by atoms with Crippen molar-refractivity contribution in [3.8, 4) is 0 Å². The van der Waals surface area contributed by atoms with E-state index < -0.39 is 0 Å². The van der Waals surface area contributed by atoms with Crippen molar-refractivity contribution < 1.29 is 0 Å². The lowest BCUT2D eigenvalue weighted by Crippen LogP contribution is -2.52. The molecule has 3 fully saturated rings. The van der Waals surface area contributed by atoms with Crippen molar-refractivity contribution in [1.29, 1.82) is 0 Å². The van der Waals surface area contributed by atoms with Gasteiger partial charge in [0.05, 0.1) is 0 Å². The zero-order chi connectivity index (χ0) is 11.5. The van der Waals surface area contributed by atoms with Gasteiger partial charge in [-0.15, -0.1) is 0 Å². The Kier molecular flexibility index (Phi) is 4.02. The molecule has 0 aromatic carbocycles. The van der Waals surface area contributed by atoms with Gasteiger partial charge in [-0.3, -0.25) is 4.90 Å². The summed E-state index contributed by atoms with van der Waals surface area (Å²) in [5.74, 6) is 0.995. The van der Waals surface area contributed by atoms with Crippen LogP contribution in [-0.2, 0) is 0 Å². The fourth-order valence-electron chi connectivity index (χ4n) is 3.80. The summed E-state index contributed by atoms with van der Waals surface area (Å²) in [7, 11) is 0. The molecule has 2 aliphatic carbocycles. The van der Waals surface area contributed by atoms with Crippen LogP contribution in [0.4, 0.5) is 0 Å². The first-order valence-electron chi connectivity index (χ1n) is 7.89. The van der Waals surface area contributed by atoms with E-state index in [2.05, 4.69) is 10.2 Å². The number of nitrogens with one attached hydrogen (secondary N) is 1. The minimum absolute atomic E-state index is 0.796. The summed E-state index contributed by atoms with van der Waals surface area (Å²) in [5.41, 5.74) is 0. The van der Waals surface area contributed by atoms with Crippen molar-refractivity contribution >= 4 is 0 Å². The molecule has 17 heavy (non-hydrogen) atoms. The van der Waals surface area contributed by atoms with Crippen LogP contribution in [0.1, 0.15) is 57.8 Å². The highest BCUT2D eigenvalue weighted by Gasteiger charge is 2.29. The van der Waals surface area contributed by atoms with Gasteiger partial charge in [0, 0.05) is 18.6 Å². The van der Waals surface area contributed by atoms with Gasteiger partial charge in [-0.05, 0) is 57.5 Å². The molecule has 0 spiro atoms. The Morgan fingerprint density at radius 1 is 0.882 bits per heavy atom. The molecule has 0 aromatic rings. The third-order valence-electron chi connectivity index (χ3n) is 5.21. The van der Waals surface area contributed by atoms with Gasteiger partial charge in [0.1, 0.15) is 0 Å². The van der Waals surface area contributed by atoms with Gasteiger partial charge < -0.3 is 5.32 Å². The summed E-state index contributed by atoms with van der Waals surface area (Å²) in [4.78, 5) is 2.76. The molecule has 1 aliphatic heterocycles. The third kappa shape index (κ3) is 3.03. The Balaban J connectivity index is 1.40. The first-order chi connectivity index (χ1) is 8.42. The van der Waals surface area contributed by atoms with E-state index in [0.717, 1.165) is 18.0 Å². The van der Waals surface area contributed by atoms with Crippen molar-refractivity contribution in [2.24, 2.45) is 5.92 Å². The van der Waals surface area contributed by atoms with Gasteiger partial charge in [0.15, 0.2) is 0 Å². The average Bonchev–Trinajstić information content (AvgIpc) is 2.77. The van der Waals surface area contributed by atoms with Gasteiger partial charge in [0.25, 0.3) is 0 Å². The SMILES string of the molecule is C1CCC(CNC2CCCN(C3CCC3)C2)C1. The Hall–Kier alpha value is -0.0800. The molecule has 1 unspecified atom stereocenters. The van der Waals surface area contributed by atoms with Crippen LogP contribution in [0, 0.1) is 5.92 Å². The van der Waals surface area contributed by atoms with Gasteiger partial charge in [-0.1, -0.05) is 19.3 Å². The normalized spacial score (nSPS) is 32.8. The largest absolute Gasteiger partial charge is 0.312 e. The first kappa shape index (κ1) is 12.0. The molecule has 1 atom stereocenters. The van der Waals surface area contributed by atoms with Crippen LogP contribution in [0.3, 0.4) is 0 Å². The van der Waals surface area contributed by atoms with Crippen molar-refractivity contribution in [3.63, 3.8) is 0 Å². The monoisotopic (exact) mass is 236 g/mol. The number of nitrogens with zero attached hydrogens (tertiary/aromatic N) is 1. The lowest BCUT2D eigenvalue weighted by molar-refractivity contribution is 0.0865. The summed E-state index contributed by atoms with van der Waals surface area (Å²) < 4.78 is 0. The van der Waals surface area contributed by atoms with E-state index in [1.54, 1.807) is 0 Å². The minimum Gasteiger partial charge on any atom is -0.312 e. The molecule has 0 bridgehead atoms. The Morgan fingerprint density at radius 3 is 2.41 bits per heavy atom. The Labute approximate surface area is 106 Å². The van der Waals surface area contributed by atoms with Gasteiger partial charge >= 0.3 is 0 Å². The fraction of sp³-hybridized carbons (Fsp3) is 1.00. The number of likely N-dealkylation sites (tertiary alicyclic amines) is 1. The summed E-state index contributed by atoms with van der Waals surface area (Å²) in [6.45, 7) is 3.99. The van der Waals surface area contributed by atoms with Crippen molar-refractivity contribution in [3.05, 3.63) is 0 Å². The van der Waals surface area contributed by atoms with E-state index in [1.807, 2.05) is 0 Å². The summed E-state index contributed by atoms with van der Waals surface area (Å²) in [6.07, 6.45) is 13.1. The van der Waals surface area contributed by atoms with E-state index in [9.17, 15) is 0 Å². The molecule has 2 saturated carbocycles. The van der Waals surface area contributed by atoms with E-state index in [4.69, 9.17) is 0 Å². The molecular formula is C15H28N2. The number of hydrogen-bond acceptors (Lipinski definition) is 2. The van der Waals surface area contributed by atoms with Crippen LogP contribution in [0.5, 0.6) is 0 Å². The molecule has 0 amide bonds. The molecule has 3 rings (SSSR count). The van der Waals surface area contributed by atoms with Gasteiger partial charge in [-0.2, -0.15) is 0 Å². The van der Waals surface area contributed by atoms with E-state index >= 15 is 0 Å². The zero-order valence-corrected chi connectivity index (χ0v) is 11.2. The summed E-state index contributed by atoms with van der Waals surface area (Å²) in [5, 5.41) is 3.85. The molecule has 1 N–H and O–H groups in total. The van der Waals surface area contributed by atoms with Crippen LogP contribution < -0.4 is 5.32 Å². The fourth-order valence-corrected chi connectivity index (χ4v) is 3.80. The van der Waals surface area contributed by atoms with Crippen molar-refractivity contribution in [1.82, 2.24) is 10.2 Å². The second kappa shape index (κ2) is 5.71. The maximum absolute atomic E-state index is 3.85. The predicted molar refractivity (Wildman–Crippen MR) is 72.2 cm³/mol. The highest BCUT2D eigenvalue weighted by molar-refractivity contribution is 4.87. The molecule has 2 heteroatoms. The van der Waals surface area contributed by atoms with Crippen molar-refractivity contribution in [2.45, 2.75) is 69.9 Å². The average molecular weight is 236 g/mol. The molecular weight excluding hydrogens is 208 g/mol. The highest BCUT2D eigenvalue weighted by atomic mass is 15.2. The minimum atomic E-state index is 0.796. The number of rotatable bonds is 4. The molecule has 1 heterocycles. The molecule has 3 aliphatic rings. The smallest absolute Gasteiger partial charge is 0.0195 e. The Morgan fingerprint density at radius 2 is 1.71 bits per heavy atom. The molecule has 1 saturated heterocycles. The highest BCUT2D eigenvalue weighted by Crippen LogP contribution is 2.28. The molecule has 2 nitrogen and oxygen atoms in total. The van der Waals surface area contributed by atoms with Gasteiger partial charge in [-0.25, -0.2) is 0 Å². The zero-order valence-electron chi connectivity index (χ0n) is 11.2. The topological polar surface area (TPSA) is 15.3 Å². The summed E-state index contributed by atoms with van der Waals surface area (Å²) >= 11 is 0. The lowest BCUT2D eigenvalue weighted by atomic mass is 9.89. The van der Waals surface area contributed by atoms with Crippen LogP contribution in [0.15, 0.2) is 0 Å². The third-order valence-corrected chi connectivity index (χ3v) is 5.21. The molecule has 0 radical (unpaired) electrons. The number of hydrogen-bond donors (Lipinski definition) is 1. The van der Waals surface area contributed by atoms with E-state index in [-0.39, 0.29) is 0 Å². The van der Waals surface area contributed by atoms with Gasteiger partial charge in [0.2, 0.25) is 0 Å². The van der Waals surface area contributed by atoms with Crippen LogP contribution in [0.25, 0.3) is 0 Å². The van der Waals surface area contributed by atoms with Crippen LogP contribution in [-0.4, -0.2) is 36.6 Å². The lowest BCUT2D eigenvalue weighted by Gasteiger charge is -2.42. The predicted octanol–water partition coefficient (Wildman–Crippen LogP) is 2.78. The quantitative estimate of drug-likeness (QED) is 0.807. The Bertz CT molecular complexity index is 231. The summed E-state index contributed by atoms with van der Waals surface area (Å²) in [6, 6.07) is 1.75. The maximum atomic E-state index is 3.85. The first-order valence-corrected chi connectivity index (χ1v) is 7.89. The van der Waals surface area contributed by atoms with E-state index in [0.29, 0.717) is 0 Å². The molecule has 98 valence electrons. The second-order valence-corrected chi connectivity index (χ2v) is 6.48.